The lowest BCUT2D eigenvalue weighted by Gasteiger charge is -2.26. The summed E-state index contributed by atoms with van der Waals surface area (Å²) in [7, 11) is 3.14. The van der Waals surface area contributed by atoms with Crippen molar-refractivity contribution in [2.75, 3.05) is 27.3 Å². The Morgan fingerprint density at radius 2 is 2.00 bits per heavy atom. The summed E-state index contributed by atoms with van der Waals surface area (Å²) in [4.78, 5) is 37.1. The number of carbonyl (C=O) groups is 2. The van der Waals surface area contributed by atoms with Gasteiger partial charge in [-0.3, -0.25) is 19.7 Å². The smallest absolute Gasteiger partial charge is 0.270 e. The standard InChI is InChI=1S/C21H23N3O6/c1-29-16-8-9-17(19(12-16)30-2)18-7-4-10-23(18)20(25)13-22-21(26)14-5-3-6-15(11-14)24(27)28/h3,5-6,8-9,11-12,18H,4,7,10,13H2,1-2H3,(H,22,26)/t18-/m0/s1. The first-order valence-corrected chi connectivity index (χ1v) is 9.48. The molecule has 1 heterocycles. The Hall–Kier alpha value is -3.62. The molecule has 0 saturated carbocycles. The van der Waals surface area contributed by atoms with E-state index in [4.69, 9.17) is 9.47 Å². The van der Waals surface area contributed by atoms with Gasteiger partial charge in [0.25, 0.3) is 11.6 Å². The zero-order valence-corrected chi connectivity index (χ0v) is 16.8. The number of nitrogens with zero attached hydrogens (tertiary/aromatic N) is 2. The van der Waals surface area contributed by atoms with Gasteiger partial charge in [-0.25, -0.2) is 0 Å². The second kappa shape index (κ2) is 9.25. The van der Waals surface area contributed by atoms with Crippen molar-refractivity contribution in [3.63, 3.8) is 0 Å². The third kappa shape index (κ3) is 4.51. The number of methoxy groups -OCH3 is 2. The third-order valence-corrected chi connectivity index (χ3v) is 5.09. The molecule has 1 N–H and O–H groups in total. The molecule has 9 nitrogen and oxygen atoms in total. The van der Waals surface area contributed by atoms with Gasteiger partial charge in [0, 0.05) is 35.9 Å². The number of nitro groups is 1. The highest BCUT2D eigenvalue weighted by atomic mass is 16.6. The van der Waals surface area contributed by atoms with Crippen molar-refractivity contribution in [1.82, 2.24) is 10.2 Å². The van der Waals surface area contributed by atoms with E-state index in [1.807, 2.05) is 12.1 Å². The van der Waals surface area contributed by atoms with Crippen LogP contribution in [0.5, 0.6) is 11.5 Å². The summed E-state index contributed by atoms with van der Waals surface area (Å²) in [6.45, 7) is 0.377. The van der Waals surface area contributed by atoms with E-state index in [-0.39, 0.29) is 29.7 Å². The minimum atomic E-state index is -0.570. The van der Waals surface area contributed by atoms with E-state index in [1.165, 1.54) is 24.3 Å². The van der Waals surface area contributed by atoms with Crippen molar-refractivity contribution in [1.29, 1.82) is 0 Å². The summed E-state index contributed by atoms with van der Waals surface area (Å²) in [6.07, 6.45) is 1.62. The normalized spacial score (nSPS) is 15.5. The molecule has 158 valence electrons. The van der Waals surface area contributed by atoms with Gasteiger partial charge in [-0.1, -0.05) is 6.07 Å². The number of non-ortho nitro benzene ring substituents is 1. The number of hydrogen-bond donors (Lipinski definition) is 1. The molecule has 30 heavy (non-hydrogen) atoms. The minimum Gasteiger partial charge on any atom is -0.497 e. The van der Waals surface area contributed by atoms with Gasteiger partial charge in [0.15, 0.2) is 0 Å². The van der Waals surface area contributed by atoms with Gasteiger partial charge in [0.1, 0.15) is 11.5 Å². The highest BCUT2D eigenvalue weighted by Crippen LogP contribution is 2.38. The number of likely N-dealkylation sites (tertiary alicyclic amines) is 1. The fraction of sp³-hybridized carbons (Fsp3) is 0.333. The van der Waals surface area contributed by atoms with Crippen LogP contribution < -0.4 is 14.8 Å². The highest BCUT2D eigenvalue weighted by Gasteiger charge is 2.32. The summed E-state index contributed by atoms with van der Waals surface area (Å²) >= 11 is 0. The van der Waals surface area contributed by atoms with Gasteiger partial charge in [-0.15, -0.1) is 0 Å². The molecule has 1 aliphatic rings. The molecule has 9 heteroatoms. The topological polar surface area (TPSA) is 111 Å². The van der Waals surface area contributed by atoms with Crippen molar-refractivity contribution in [2.24, 2.45) is 0 Å². The Labute approximate surface area is 173 Å². The molecule has 2 amide bonds. The summed E-state index contributed by atoms with van der Waals surface area (Å²) in [5.41, 5.74) is 0.834. The number of hydrogen-bond acceptors (Lipinski definition) is 6. The van der Waals surface area contributed by atoms with Crippen molar-refractivity contribution in [3.05, 3.63) is 63.7 Å². The third-order valence-electron chi connectivity index (χ3n) is 5.09. The number of ether oxygens (including phenoxy) is 2. The first-order valence-electron chi connectivity index (χ1n) is 9.48. The lowest BCUT2D eigenvalue weighted by atomic mass is 10.0. The van der Waals surface area contributed by atoms with Gasteiger partial charge in [-0.05, 0) is 31.0 Å². The number of amides is 2. The molecule has 0 radical (unpaired) electrons. The van der Waals surface area contributed by atoms with Crippen molar-refractivity contribution < 1.29 is 24.0 Å². The molecule has 0 aromatic heterocycles. The van der Waals surface area contributed by atoms with Crippen LogP contribution in [0.25, 0.3) is 0 Å². The average molecular weight is 413 g/mol. The molecule has 0 unspecified atom stereocenters. The van der Waals surface area contributed by atoms with Crippen LogP contribution in [0.3, 0.4) is 0 Å². The average Bonchev–Trinajstić information content (AvgIpc) is 3.26. The number of nitrogens with one attached hydrogen (secondary N) is 1. The Morgan fingerprint density at radius 3 is 2.70 bits per heavy atom. The summed E-state index contributed by atoms with van der Waals surface area (Å²) < 4.78 is 10.7. The molecule has 1 aliphatic heterocycles. The maximum Gasteiger partial charge on any atom is 0.270 e. The minimum absolute atomic E-state index is 0.131. The molecule has 2 aromatic carbocycles. The molecular weight excluding hydrogens is 390 g/mol. The first-order chi connectivity index (χ1) is 14.4. The van der Waals surface area contributed by atoms with Crippen LogP contribution in [0.4, 0.5) is 5.69 Å². The van der Waals surface area contributed by atoms with Crippen molar-refractivity contribution in [2.45, 2.75) is 18.9 Å². The van der Waals surface area contributed by atoms with E-state index >= 15 is 0 Å². The maximum atomic E-state index is 12.8. The van der Waals surface area contributed by atoms with E-state index in [0.29, 0.717) is 18.0 Å². The molecule has 1 atom stereocenters. The van der Waals surface area contributed by atoms with Crippen molar-refractivity contribution >= 4 is 17.5 Å². The highest BCUT2D eigenvalue weighted by molar-refractivity contribution is 5.97. The summed E-state index contributed by atoms with van der Waals surface area (Å²) in [5, 5.41) is 13.4. The van der Waals surface area contributed by atoms with E-state index in [0.717, 1.165) is 18.4 Å². The van der Waals surface area contributed by atoms with E-state index < -0.39 is 10.8 Å². The van der Waals surface area contributed by atoms with Gasteiger partial charge < -0.3 is 19.7 Å². The first kappa shape index (κ1) is 21.1. The van der Waals surface area contributed by atoms with Crippen molar-refractivity contribution in [3.8, 4) is 11.5 Å². The Balaban J connectivity index is 1.68. The molecule has 0 bridgehead atoms. The number of carbonyl (C=O) groups excluding carboxylic acids is 2. The van der Waals surface area contributed by atoms with Crippen LogP contribution in [0.15, 0.2) is 42.5 Å². The summed E-state index contributed by atoms with van der Waals surface area (Å²) in [5.74, 6) is 0.536. The fourth-order valence-corrected chi connectivity index (χ4v) is 3.60. The molecule has 0 aliphatic carbocycles. The monoisotopic (exact) mass is 413 g/mol. The number of rotatable bonds is 7. The largest absolute Gasteiger partial charge is 0.497 e. The van der Waals surface area contributed by atoms with Gasteiger partial charge >= 0.3 is 0 Å². The molecule has 2 aromatic rings. The quantitative estimate of drug-likeness (QED) is 0.552. The molecule has 1 saturated heterocycles. The van der Waals surface area contributed by atoms with Gasteiger partial charge in [0.05, 0.1) is 31.7 Å². The van der Waals surface area contributed by atoms with Crippen LogP contribution in [-0.4, -0.2) is 48.9 Å². The zero-order valence-electron chi connectivity index (χ0n) is 16.8. The second-order valence-corrected chi connectivity index (χ2v) is 6.84. The van der Waals surface area contributed by atoms with Gasteiger partial charge in [0.2, 0.25) is 5.91 Å². The summed E-state index contributed by atoms with van der Waals surface area (Å²) in [6, 6.07) is 10.7. The zero-order chi connectivity index (χ0) is 21.7. The SMILES string of the molecule is COc1ccc([C@@H]2CCCN2C(=O)CNC(=O)c2cccc([N+](=O)[O-])c2)c(OC)c1. The van der Waals surface area contributed by atoms with E-state index in [9.17, 15) is 19.7 Å². The lowest BCUT2D eigenvalue weighted by molar-refractivity contribution is -0.384. The molecule has 1 fully saturated rings. The Morgan fingerprint density at radius 1 is 1.20 bits per heavy atom. The Bertz CT molecular complexity index is 962. The fourth-order valence-electron chi connectivity index (χ4n) is 3.60. The van der Waals surface area contributed by atoms with E-state index in [2.05, 4.69) is 5.32 Å². The maximum absolute atomic E-state index is 12.8. The lowest BCUT2D eigenvalue weighted by Crippen LogP contribution is -2.39. The Kier molecular flexibility index (Phi) is 6.51. The van der Waals surface area contributed by atoms with Crippen LogP contribution >= 0.6 is 0 Å². The van der Waals surface area contributed by atoms with Gasteiger partial charge in [-0.2, -0.15) is 0 Å². The predicted molar refractivity (Wildman–Crippen MR) is 109 cm³/mol. The number of nitro benzene ring substituents is 1. The van der Waals surface area contributed by atoms with Crippen LogP contribution in [0.2, 0.25) is 0 Å². The molecule has 3 rings (SSSR count). The predicted octanol–water partition coefficient (Wildman–Crippen LogP) is 2.71. The van der Waals surface area contributed by atoms with Crippen LogP contribution in [0, 0.1) is 10.1 Å². The van der Waals surface area contributed by atoms with E-state index in [1.54, 1.807) is 25.2 Å². The van der Waals surface area contributed by atoms with Crippen LogP contribution in [-0.2, 0) is 4.79 Å². The van der Waals surface area contributed by atoms with Crippen LogP contribution in [0.1, 0.15) is 34.8 Å². The number of benzene rings is 2. The molecular formula is C21H23N3O6. The molecule has 0 spiro atoms. The second-order valence-electron chi connectivity index (χ2n) is 6.84.